The van der Waals surface area contributed by atoms with Gasteiger partial charge in [0.15, 0.2) is 0 Å². The highest BCUT2D eigenvalue weighted by molar-refractivity contribution is 6.17. The fourth-order valence-electron chi connectivity index (χ4n) is 1.68. The summed E-state index contributed by atoms with van der Waals surface area (Å²) >= 11 is 5.67. The number of carbonyl (C=O) groups excluding carboxylic acids is 1. The summed E-state index contributed by atoms with van der Waals surface area (Å²) in [7, 11) is 0. The Bertz CT molecular complexity index is 677. The average molecular weight is 289 g/mol. The molecule has 2 aromatic rings. The molecule has 0 heterocycles. The number of halogens is 2. The highest BCUT2D eigenvalue weighted by Crippen LogP contribution is 2.19. The lowest BCUT2D eigenvalue weighted by Crippen LogP contribution is -2.13. The summed E-state index contributed by atoms with van der Waals surface area (Å²) in [5.74, 6) is -0.708. The molecule has 0 aliphatic carbocycles. The van der Waals surface area contributed by atoms with Gasteiger partial charge in [-0.25, -0.2) is 4.39 Å². The summed E-state index contributed by atoms with van der Waals surface area (Å²) < 4.78 is 13.4. The number of amides is 1. The lowest BCUT2D eigenvalue weighted by molar-refractivity contribution is 0.102. The first-order valence-corrected chi connectivity index (χ1v) is 6.34. The van der Waals surface area contributed by atoms with Crippen LogP contribution in [0.1, 0.15) is 21.5 Å². The number of anilines is 1. The van der Waals surface area contributed by atoms with Crippen molar-refractivity contribution >= 4 is 23.2 Å². The molecule has 0 aromatic heterocycles. The first-order valence-electron chi connectivity index (χ1n) is 5.80. The molecule has 0 atom stereocenters. The molecule has 5 heteroatoms. The van der Waals surface area contributed by atoms with Crippen LogP contribution in [0.2, 0.25) is 0 Å². The monoisotopic (exact) mass is 288 g/mol. The number of hydrogen-bond donors (Lipinski definition) is 1. The van der Waals surface area contributed by atoms with Gasteiger partial charge in [-0.2, -0.15) is 5.26 Å². The fraction of sp³-hybridized carbons (Fsp3) is 0.0667. The zero-order chi connectivity index (χ0) is 14.5. The minimum absolute atomic E-state index is 0.152. The standard InChI is InChI=1S/C15H10ClFN2O/c16-8-10-4-6-11(7-5-10)15(20)19-14-3-1-2-13(17)12(14)9-18/h1-7H,8H2,(H,19,20). The second-order valence-electron chi connectivity index (χ2n) is 4.06. The predicted octanol–water partition coefficient (Wildman–Crippen LogP) is 3.69. The zero-order valence-electron chi connectivity index (χ0n) is 10.4. The molecule has 1 amide bonds. The van der Waals surface area contributed by atoms with Crippen molar-refractivity contribution < 1.29 is 9.18 Å². The summed E-state index contributed by atoms with van der Waals surface area (Å²) in [6.07, 6.45) is 0. The van der Waals surface area contributed by atoms with Crippen LogP contribution in [0, 0.1) is 17.1 Å². The number of carbonyl (C=O) groups is 1. The van der Waals surface area contributed by atoms with E-state index >= 15 is 0 Å². The number of rotatable bonds is 3. The van der Waals surface area contributed by atoms with E-state index in [9.17, 15) is 9.18 Å². The molecule has 20 heavy (non-hydrogen) atoms. The van der Waals surface area contributed by atoms with Gasteiger partial charge in [0.05, 0.1) is 5.69 Å². The van der Waals surface area contributed by atoms with Crippen molar-refractivity contribution in [2.24, 2.45) is 0 Å². The maximum absolute atomic E-state index is 13.4. The smallest absolute Gasteiger partial charge is 0.255 e. The number of alkyl halides is 1. The zero-order valence-corrected chi connectivity index (χ0v) is 11.1. The minimum Gasteiger partial charge on any atom is -0.321 e. The number of nitriles is 1. The van der Waals surface area contributed by atoms with E-state index in [4.69, 9.17) is 16.9 Å². The van der Waals surface area contributed by atoms with Gasteiger partial charge in [0.25, 0.3) is 5.91 Å². The molecule has 0 radical (unpaired) electrons. The Morgan fingerprint density at radius 1 is 1.25 bits per heavy atom. The molecule has 3 nitrogen and oxygen atoms in total. The molecule has 0 fully saturated rings. The number of nitrogens with zero attached hydrogens (tertiary/aromatic N) is 1. The van der Waals surface area contributed by atoms with Crippen LogP contribution in [0.4, 0.5) is 10.1 Å². The number of hydrogen-bond acceptors (Lipinski definition) is 2. The summed E-state index contributed by atoms with van der Waals surface area (Å²) in [5.41, 5.74) is 1.27. The fourth-order valence-corrected chi connectivity index (χ4v) is 1.86. The average Bonchev–Trinajstić information content (AvgIpc) is 2.47. The predicted molar refractivity (Wildman–Crippen MR) is 75.1 cm³/mol. The topological polar surface area (TPSA) is 52.9 Å². The van der Waals surface area contributed by atoms with Gasteiger partial charge in [-0.05, 0) is 29.8 Å². The lowest BCUT2D eigenvalue weighted by Gasteiger charge is -2.07. The Hall–Kier alpha value is -2.38. The molecule has 2 aromatic carbocycles. The van der Waals surface area contributed by atoms with E-state index in [1.54, 1.807) is 30.3 Å². The van der Waals surface area contributed by atoms with Crippen LogP contribution in [-0.4, -0.2) is 5.91 Å². The molecule has 0 aliphatic heterocycles. The first-order chi connectivity index (χ1) is 9.65. The van der Waals surface area contributed by atoms with Crippen molar-refractivity contribution in [1.82, 2.24) is 0 Å². The van der Waals surface area contributed by atoms with E-state index in [-0.39, 0.29) is 11.3 Å². The molecule has 0 unspecified atom stereocenters. The Morgan fingerprint density at radius 2 is 1.95 bits per heavy atom. The minimum atomic E-state index is -0.664. The Balaban J connectivity index is 2.23. The summed E-state index contributed by atoms with van der Waals surface area (Å²) in [6, 6.07) is 12.5. The molecule has 0 spiro atoms. The van der Waals surface area contributed by atoms with Crippen LogP contribution in [-0.2, 0) is 5.88 Å². The van der Waals surface area contributed by atoms with E-state index in [0.717, 1.165) is 5.56 Å². The maximum atomic E-state index is 13.4. The van der Waals surface area contributed by atoms with Gasteiger partial charge in [-0.3, -0.25) is 4.79 Å². The number of nitrogens with one attached hydrogen (secondary N) is 1. The van der Waals surface area contributed by atoms with Gasteiger partial charge in [0, 0.05) is 11.4 Å². The summed E-state index contributed by atoms with van der Waals surface area (Å²) in [4.78, 5) is 12.0. The third kappa shape index (κ3) is 2.95. The molecule has 100 valence electrons. The Kier molecular flexibility index (Phi) is 4.34. The highest BCUT2D eigenvalue weighted by Gasteiger charge is 2.12. The third-order valence-corrected chi connectivity index (χ3v) is 3.05. The Morgan fingerprint density at radius 3 is 2.55 bits per heavy atom. The second-order valence-corrected chi connectivity index (χ2v) is 4.33. The maximum Gasteiger partial charge on any atom is 0.255 e. The van der Waals surface area contributed by atoms with Crippen molar-refractivity contribution in [3.05, 3.63) is 65.0 Å². The van der Waals surface area contributed by atoms with Gasteiger partial charge in [-0.1, -0.05) is 18.2 Å². The van der Waals surface area contributed by atoms with Gasteiger partial charge >= 0.3 is 0 Å². The van der Waals surface area contributed by atoms with Crippen LogP contribution < -0.4 is 5.32 Å². The van der Waals surface area contributed by atoms with Gasteiger partial charge in [-0.15, -0.1) is 11.6 Å². The van der Waals surface area contributed by atoms with E-state index in [0.29, 0.717) is 11.4 Å². The molecular formula is C15H10ClFN2O. The third-order valence-electron chi connectivity index (χ3n) is 2.74. The molecular weight excluding hydrogens is 279 g/mol. The van der Waals surface area contributed by atoms with E-state index in [1.165, 1.54) is 18.2 Å². The summed E-state index contributed by atoms with van der Waals surface area (Å²) in [5, 5.41) is 11.4. The van der Waals surface area contributed by atoms with Crippen LogP contribution in [0.5, 0.6) is 0 Å². The van der Waals surface area contributed by atoms with E-state index in [2.05, 4.69) is 5.32 Å². The highest BCUT2D eigenvalue weighted by atomic mass is 35.5. The van der Waals surface area contributed by atoms with Crippen molar-refractivity contribution in [2.45, 2.75) is 5.88 Å². The van der Waals surface area contributed by atoms with Crippen LogP contribution >= 0.6 is 11.6 Å². The first kappa shape index (κ1) is 14.0. The quantitative estimate of drug-likeness (QED) is 0.876. The van der Waals surface area contributed by atoms with E-state index in [1.807, 2.05) is 0 Å². The molecule has 2 rings (SSSR count). The van der Waals surface area contributed by atoms with Crippen molar-refractivity contribution in [3.63, 3.8) is 0 Å². The SMILES string of the molecule is N#Cc1c(F)cccc1NC(=O)c1ccc(CCl)cc1. The van der Waals surface area contributed by atoms with Crippen molar-refractivity contribution in [3.8, 4) is 6.07 Å². The van der Waals surface area contributed by atoms with Gasteiger partial charge < -0.3 is 5.32 Å². The molecule has 0 saturated carbocycles. The van der Waals surface area contributed by atoms with Crippen molar-refractivity contribution in [1.29, 1.82) is 5.26 Å². The van der Waals surface area contributed by atoms with Crippen LogP contribution in [0.3, 0.4) is 0 Å². The second kappa shape index (κ2) is 6.18. The molecule has 0 aliphatic rings. The van der Waals surface area contributed by atoms with Crippen molar-refractivity contribution in [2.75, 3.05) is 5.32 Å². The summed E-state index contributed by atoms with van der Waals surface area (Å²) in [6.45, 7) is 0. The molecule has 1 N–H and O–H groups in total. The van der Waals surface area contributed by atoms with Gasteiger partial charge in [0.1, 0.15) is 17.4 Å². The lowest BCUT2D eigenvalue weighted by atomic mass is 10.1. The van der Waals surface area contributed by atoms with E-state index < -0.39 is 11.7 Å². The largest absolute Gasteiger partial charge is 0.321 e. The van der Waals surface area contributed by atoms with Crippen LogP contribution in [0.25, 0.3) is 0 Å². The normalized spacial score (nSPS) is 9.85. The van der Waals surface area contributed by atoms with Crippen LogP contribution in [0.15, 0.2) is 42.5 Å². The number of benzene rings is 2. The Labute approximate surface area is 120 Å². The molecule has 0 saturated heterocycles. The van der Waals surface area contributed by atoms with Gasteiger partial charge in [0.2, 0.25) is 0 Å². The molecule has 0 bridgehead atoms.